The summed E-state index contributed by atoms with van der Waals surface area (Å²) in [5.74, 6) is 0.0858. The van der Waals surface area contributed by atoms with Crippen LogP contribution < -0.4 is 5.32 Å². The van der Waals surface area contributed by atoms with Gasteiger partial charge in [0.2, 0.25) is 0 Å². The van der Waals surface area contributed by atoms with E-state index in [9.17, 15) is 4.79 Å². The molecule has 1 heterocycles. The zero-order valence-electron chi connectivity index (χ0n) is 11.3. The Balaban J connectivity index is 0.00000289. The highest BCUT2D eigenvalue weighted by Crippen LogP contribution is 2.04. The summed E-state index contributed by atoms with van der Waals surface area (Å²) < 4.78 is 10.5. The molecule has 1 rings (SSSR count). The van der Waals surface area contributed by atoms with E-state index in [4.69, 9.17) is 9.47 Å². The quantitative estimate of drug-likeness (QED) is 0.745. The zero-order valence-corrected chi connectivity index (χ0v) is 12.1. The Kier molecular flexibility index (Phi) is 10.3. The van der Waals surface area contributed by atoms with Gasteiger partial charge in [0, 0.05) is 33.3 Å². The lowest BCUT2D eigenvalue weighted by molar-refractivity contribution is -0.145. The molecule has 0 saturated carbocycles. The molecule has 0 aliphatic carbocycles. The van der Waals surface area contributed by atoms with Crippen LogP contribution in [0.15, 0.2) is 0 Å². The number of nitrogens with zero attached hydrogens (tertiary/aromatic N) is 1. The van der Waals surface area contributed by atoms with E-state index in [1.807, 2.05) is 4.90 Å². The van der Waals surface area contributed by atoms with E-state index in [2.05, 4.69) is 12.2 Å². The van der Waals surface area contributed by atoms with E-state index in [-0.39, 0.29) is 24.4 Å². The standard InChI is InChI=1S/C12H24N2O3.ClH/c1-3-4-6-14(7-9-16-2)12(15)11-10-13-5-8-17-11;/h11,13H,3-10H2,1-2H3;1H. The van der Waals surface area contributed by atoms with Crippen molar-refractivity contribution in [3.63, 3.8) is 0 Å². The van der Waals surface area contributed by atoms with Crippen molar-refractivity contribution < 1.29 is 14.3 Å². The molecule has 0 spiro atoms. The summed E-state index contributed by atoms with van der Waals surface area (Å²) in [5, 5.41) is 3.18. The van der Waals surface area contributed by atoms with Crippen molar-refractivity contribution in [3.05, 3.63) is 0 Å². The molecule has 108 valence electrons. The summed E-state index contributed by atoms with van der Waals surface area (Å²) in [6, 6.07) is 0. The second-order valence-electron chi connectivity index (χ2n) is 4.24. The first kappa shape index (κ1) is 17.6. The number of rotatable bonds is 7. The number of nitrogens with one attached hydrogen (secondary N) is 1. The molecule has 1 N–H and O–H groups in total. The highest BCUT2D eigenvalue weighted by Gasteiger charge is 2.26. The summed E-state index contributed by atoms with van der Waals surface area (Å²) in [6.45, 7) is 6.20. The van der Waals surface area contributed by atoms with Crippen LogP contribution in [-0.4, -0.2) is 63.4 Å². The van der Waals surface area contributed by atoms with Gasteiger partial charge in [0.05, 0.1) is 13.2 Å². The zero-order chi connectivity index (χ0) is 12.5. The summed E-state index contributed by atoms with van der Waals surface area (Å²) in [7, 11) is 1.65. The van der Waals surface area contributed by atoms with Gasteiger partial charge >= 0.3 is 0 Å². The molecule has 1 saturated heterocycles. The van der Waals surface area contributed by atoms with Gasteiger partial charge in [-0.15, -0.1) is 12.4 Å². The Morgan fingerprint density at radius 3 is 2.83 bits per heavy atom. The van der Waals surface area contributed by atoms with E-state index in [0.29, 0.717) is 26.3 Å². The van der Waals surface area contributed by atoms with Gasteiger partial charge < -0.3 is 19.7 Å². The van der Waals surface area contributed by atoms with Crippen LogP contribution in [0.4, 0.5) is 0 Å². The molecule has 1 aliphatic rings. The molecule has 18 heavy (non-hydrogen) atoms. The van der Waals surface area contributed by atoms with Crippen molar-refractivity contribution in [1.82, 2.24) is 10.2 Å². The minimum absolute atomic E-state index is 0. The van der Waals surface area contributed by atoms with E-state index >= 15 is 0 Å². The first-order valence-electron chi connectivity index (χ1n) is 6.39. The Morgan fingerprint density at radius 1 is 1.50 bits per heavy atom. The molecule has 1 fully saturated rings. The number of ether oxygens (including phenoxy) is 2. The van der Waals surface area contributed by atoms with Crippen molar-refractivity contribution in [2.24, 2.45) is 0 Å². The third-order valence-corrected chi connectivity index (χ3v) is 2.86. The average Bonchev–Trinajstić information content (AvgIpc) is 2.39. The van der Waals surface area contributed by atoms with Crippen molar-refractivity contribution in [3.8, 4) is 0 Å². The maximum atomic E-state index is 12.2. The summed E-state index contributed by atoms with van der Waals surface area (Å²) in [4.78, 5) is 14.1. The van der Waals surface area contributed by atoms with E-state index in [1.165, 1.54) is 0 Å². The van der Waals surface area contributed by atoms with Gasteiger partial charge in [-0.3, -0.25) is 4.79 Å². The number of carbonyl (C=O) groups is 1. The van der Waals surface area contributed by atoms with E-state index in [1.54, 1.807) is 7.11 Å². The third-order valence-electron chi connectivity index (χ3n) is 2.86. The minimum Gasteiger partial charge on any atom is -0.383 e. The summed E-state index contributed by atoms with van der Waals surface area (Å²) in [5.41, 5.74) is 0. The van der Waals surface area contributed by atoms with Crippen LogP contribution in [-0.2, 0) is 14.3 Å². The Hall–Kier alpha value is -0.360. The second-order valence-corrected chi connectivity index (χ2v) is 4.24. The maximum Gasteiger partial charge on any atom is 0.253 e. The molecule has 0 bridgehead atoms. The third kappa shape index (κ3) is 6.00. The molecular weight excluding hydrogens is 256 g/mol. The van der Waals surface area contributed by atoms with Gasteiger partial charge in [-0.2, -0.15) is 0 Å². The van der Waals surface area contributed by atoms with Gasteiger partial charge in [0.1, 0.15) is 6.10 Å². The summed E-state index contributed by atoms with van der Waals surface area (Å²) >= 11 is 0. The van der Waals surface area contributed by atoms with Crippen molar-refractivity contribution in [1.29, 1.82) is 0 Å². The molecule has 0 aromatic carbocycles. The first-order valence-corrected chi connectivity index (χ1v) is 6.39. The van der Waals surface area contributed by atoms with Gasteiger partial charge in [-0.1, -0.05) is 13.3 Å². The van der Waals surface area contributed by atoms with Crippen LogP contribution >= 0.6 is 12.4 Å². The fraction of sp³-hybridized carbons (Fsp3) is 0.917. The molecule has 1 aliphatic heterocycles. The lowest BCUT2D eigenvalue weighted by Crippen LogP contribution is -2.50. The fourth-order valence-corrected chi connectivity index (χ4v) is 1.81. The number of halogens is 1. The maximum absolute atomic E-state index is 12.2. The highest BCUT2D eigenvalue weighted by molar-refractivity contribution is 5.85. The lowest BCUT2D eigenvalue weighted by atomic mass is 10.2. The number of methoxy groups -OCH3 is 1. The SMILES string of the molecule is CCCCN(CCOC)C(=O)C1CNCCO1.Cl. The van der Waals surface area contributed by atoms with Crippen LogP contribution in [0.25, 0.3) is 0 Å². The average molecular weight is 281 g/mol. The predicted octanol–water partition coefficient (Wildman–Crippen LogP) is 0.672. The topological polar surface area (TPSA) is 50.8 Å². The number of hydrogen-bond donors (Lipinski definition) is 1. The second kappa shape index (κ2) is 10.6. The lowest BCUT2D eigenvalue weighted by Gasteiger charge is -2.29. The molecule has 6 heteroatoms. The number of hydrogen-bond acceptors (Lipinski definition) is 4. The van der Waals surface area contributed by atoms with Crippen molar-refractivity contribution in [2.45, 2.75) is 25.9 Å². The predicted molar refractivity (Wildman–Crippen MR) is 73.2 cm³/mol. The van der Waals surface area contributed by atoms with E-state index in [0.717, 1.165) is 25.9 Å². The molecule has 0 aromatic heterocycles. The number of amides is 1. The van der Waals surface area contributed by atoms with Gasteiger partial charge in [-0.05, 0) is 6.42 Å². The Morgan fingerprint density at radius 2 is 2.28 bits per heavy atom. The smallest absolute Gasteiger partial charge is 0.253 e. The number of morpholine rings is 1. The monoisotopic (exact) mass is 280 g/mol. The molecule has 0 aromatic rings. The minimum atomic E-state index is -0.322. The van der Waals surface area contributed by atoms with Crippen LogP contribution in [0.1, 0.15) is 19.8 Å². The molecule has 5 nitrogen and oxygen atoms in total. The van der Waals surface area contributed by atoms with Crippen molar-refractivity contribution >= 4 is 18.3 Å². The molecule has 1 amide bonds. The number of carbonyl (C=O) groups excluding carboxylic acids is 1. The van der Waals surface area contributed by atoms with Crippen LogP contribution in [0.2, 0.25) is 0 Å². The normalized spacial score (nSPS) is 19.1. The van der Waals surface area contributed by atoms with Crippen LogP contribution in [0.3, 0.4) is 0 Å². The number of unbranched alkanes of at least 4 members (excludes halogenated alkanes) is 1. The largest absolute Gasteiger partial charge is 0.383 e. The molecule has 1 unspecified atom stereocenters. The first-order chi connectivity index (χ1) is 8.29. The van der Waals surface area contributed by atoms with Crippen molar-refractivity contribution in [2.75, 3.05) is 46.5 Å². The van der Waals surface area contributed by atoms with Gasteiger partial charge in [0.15, 0.2) is 0 Å². The molecule has 1 atom stereocenters. The van der Waals surface area contributed by atoms with Crippen LogP contribution in [0, 0.1) is 0 Å². The van der Waals surface area contributed by atoms with E-state index < -0.39 is 0 Å². The van der Waals surface area contributed by atoms with Gasteiger partial charge in [-0.25, -0.2) is 0 Å². The highest BCUT2D eigenvalue weighted by atomic mass is 35.5. The molecule has 0 radical (unpaired) electrons. The Labute approximate surface area is 116 Å². The molecular formula is C12H25ClN2O3. The Bertz CT molecular complexity index is 215. The van der Waals surface area contributed by atoms with Gasteiger partial charge in [0.25, 0.3) is 5.91 Å². The summed E-state index contributed by atoms with van der Waals surface area (Å²) in [6.07, 6.45) is 1.79. The fourth-order valence-electron chi connectivity index (χ4n) is 1.81. The van der Waals surface area contributed by atoms with Crippen LogP contribution in [0.5, 0.6) is 0 Å².